The van der Waals surface area contributed by atoms with Gasteiger partial charge in [-0.2, -0.15) is 10.2 Å². The Bertz CT molecular complexity index is 1310. The number of piperidine rings is 2. The van der Waals surface area contributed by atoms with Gasteiger partial charge in [0.15, 0.2) is 10.8 Å². The van der Waals surface area contributed by atoms with Gasteiger partial charge in [0.05, 0.1) is 22.8 Å². The molecular formula is C25H25N7OS. The monoisotopic (exact) mass is 471 g/mol. The fraction of sp³-hybridized carbons (Fsp3) is 0.320. The van der Waals surface area contributed by atoms with Crippen LogP contribution in [0.25, 0.3) is 16.1 Å². The molecule has 3 fully saturated rings. The second-order valence-corrected chi connectivity index (χ2v) is 10.2. The van der Waals surface area contributed by atoms with Crippen LogP contribution in [0.3, 0.4) is 0 Å². The van der Waals surface area contributed by atoms with Gasteiger partial charge in [0.1, 0.15) is 5.69 Å². The van der Waals surface area contributed by atoms with Crippen LogP contribution in [-0.2, 0) is 0 Å². The maximum Gasteiger partial charge on any atom is 0.275 e. The van der Waals surface area contributed by atoms with E-state index in [9.17, 15) is 4.79 Å². The molecule has 0 atom stereocenters. The summed E-state index contributed by atoms with van der Waals surface area (Å²) in [5.41, 5.74) is 2.75. The number of anilines is 1. The number of nitrogens with one attached hydrogen (secondary N) is 1. The molecule has 2 saturated heterocycles. The van der Waals surface area contributed by atoms with Crippen LogP contribution < -0.4 is 5.32 Å². The summed E-state index contributed by atoms with van der Waals surface area (Å²) >= 11 is 1.64. The molecule has 1 amide bonds. The summed E-state index contributed by atoms with van der Waals surface area (Å²) in [4.78, 5) is 27.7. The average Bonchev–Trinajstić information content (AvgIpc) is 3.55. The minimum Gasteiger partial charge on any atom is -0.359 e. The zero-order valence-electron chi connectivity index (χ0n) is 18.9. The van der Waals surface area contributed by atoms with Crippen molar-refractivity contribution in [1.82, 2.24) is 29.9 Å². The molecule has 2 aliphatic heterocycles. The van der Waals surface area contributed by atoms with Gasteiger partial charge < -0.3 is 10.2 Å². The van der Waals surface area contributed by atoms with Crippen molar-refractivity contribution >= 4 is 22.4 Å². The summed E-state index contributed by atoms with van der Waals surface area (Å²) < 4.78 is 0. The Labute approximate surface area is 201 Å². The van der Waals surface area contributed by atoms with Crippen molar-refractivity contribution in [2.75, 3.05) is 18.4 Å². The molecule has 3 aliphatic rings. The molecule has 3 aromatic heterocycles. The van der Waals surface area contributed by atoms with E-state index in [0.29, 0.717) is 23.8 Å². The molecule has 4 aromatic rings. The average molecular weight is 472 g/mol. The Kier molecular flexibility index (Phi) is 5.13. The van der Waals surface area contributed by atoms with E-state index in [2.05, 4.69) is 37.6 Å². The first kappa shape index (κ1) is 21.0. The van der Waals surface area contributed by atoms with Gasteiger partial charge in [-0.1, -0.05) is 41.7 Å². The number of nitrogens with zero attached hydrogens (tertiary/aromatic N) is 6. The van der Waals surface area contributed by atoms with Crippen molar-refractivity contribution < 1.29 is 4.79 Å². The van der Waals surface area contributed by atoms with Gasteiger partial charge in [-0.25, -0.2) is 9.97 Å². The Morgan fingerprint density at radius 1 is 1.15 bits per heavy atom. The van der Waals surface area contributed by atoms with E-state index < -0.39 is 0 Å². The normalized spacial score (nSPS) is 21.2. The predicted octanol–water partition coefficient (Wildman–Crippen LogP) is 4.20. The van der Waals surface area contributed by atoms with Gasteiger partial charge >= 0.3 is 0 Å². The number of fused-ring (bicyclic) bond motifs is 2. The van der Waals surface area contributed by atoms with Crippen LogP contribution in [0.15, 0.2) is 61.1 Å². The predicted molar refractivity (Wildman–Crippen MR) is 131 cm³/mol. The first-order valence-electron chi connectivity index (χ1n) is 11.5. The van der Waals surface area contributed by atoms with Crippen molar-refractivity contribution in [3.8, 4) is 16.1 Å². The Hall–Kier alpha value is -3.59. The van der Waals surface area contributed by atoms with Crippen molar-refractivity contribution in [1.29, 1.82) is 0 Å². The molecule has 172 valence electrons. The molecule has 1 aliphatic carbocycles. The molecule has 34 heavy (non-hydrogen) atoms. The molecule has 1 saturated carbocycles. The van der Waals surface area contributed by atoms with E-state index in [1.54, 1.807) is 23.7 Å². The third-order valence-corrected chi connectivity index (χ3v) is 7.90. The molecule has 1 aromatic carbocycles. The summed E-state index contributed by atoms with van der Waals surface area (Å²) in [7, 11) is 0. The highest BCUT2D eigenvalue weighted by molar-refractivity contribution is 7.18. The minimum absolute atomic E-state index is 0.0555. The smallest absolute Gasteiger partial charge is 0.275 e. The van der Waals surface area contributed by atoms with Crippen LogP contribution in [-0.4, -0.2) is 54.4 Å². The third kappa shape index (κ3) is 3.66. The molecule has 0 unspecified atom stereocenters. The van der Waals surface area contributed by atoms with Crippen molar-refractivity contribution in [3.63, 3.8) is 0 Å². The molecule has 7 rings (SSSR count). The molecule has 0 radical (unpaired) electrons. The van der Waals surface area contributed by atoms with E-state index >= 15 is 0 Å². The zero-order valence-corrected chi connectivity index (χ0v) is 19.7. The van der Waals surface area contributed by atoms with E-state index in [4.69, 9.17) is 0 Å². The first-order valence-corrected chi connectivity index (χ1v) is 12.3. The summed E-state index contributed by atoms with van der Waals surface area (Å²) in [6.45, 7) is 3.31. The zero-order chi connectivity index (χ0) is 23.1. The van der Waals surface area contributed by atoms with Crippen LogP contribution in [0.2, 0.25) is 0 Å². The molecular weight excluding hydrogens is 446 g/mol. The van der Waals surface area contributed by atoms with Crippen LogP contribution in [0.5, 0.6) is 0 Å². The highest BCUT2D eigenvalue weighted by Crippen LogP contribution is 2.49. The number of thiazole rings is 1. The van der Waals surface area contributed by atoms with Gasteiger partial charge in [-0.05, 0) is 49.8 Å². The standard InChI is InChI=1S/C25H25N7OS/c1-17-7-8-20(32-28-10-11-29-32)22(30-17)23(33)31-12-9-18-13-25(31,14-18)16-27-24-26-15-21(34-24)19-5-3-2-4-6-19/h2-8,10-11,15,18H,9,12-14,16H2,1H3,(H,26,27). The quantitative estimate of drug-likeness (QED) is 0.453. The van der Waals surface area contributed by atoms with E-state index in [0.717, 1.165) is 47.1 Å². The largest absolute Gasteiger partial charge is 0.359 e. The third-order valence-electron chi connectivity index (χ3n) is 6.90. The number of aromatic nitrogens is 5. The molecule has 0 spiro atoms. The van der Waals surface area contributed by atoms with Gasteiger partial charge in [0, 0.05) is 25.0 Å². The fourth-order valence-electron chi connectivity index (χ4n) is 5.21. The van der Waals surface area contributed by atoms with E-state index in [1.807, 2.05) is 48.4 Å². The number of hydrogen-bond acceptors (Lipinski definition) is 7. The SMILES string of the molecule is Cc1ccc(-n2nccn2)c(C(=O)N2CCC3CC2(CNc2ncc(-c4ccccc4)s2)C3)n1. The maximum absolute atomic E-state index is 13.9. The molecule has 2 bridgehead atoms. The van der Waals surface area contributed by atoms with Crippen LogP contribution >= 0.6 is 11.3 Å². The van der Waals surface area contributed by atoms with Crippen LogP contribution in [0, 0.1) is 12.8 Å². The van der Waals surface area contributed by atoms with Crippen molar-refractivity contribution in [2.45, 2.75) is 31.7 Å². The maximum atomic E-state index is 13.9. The molecule has 1 N–H and O–H groups in total. The molecule has 9 heteroatoms. The van der Waals surface area contributed by atoms with Gasteiger partial charge in [-0.3, -0.25) is 4.79 Å². The number of aryl methyl sites for hydroxylation is 1. The highest BCUT2D eigenvalue weighted by atomic mass is 32.1. The lowest BCUT2D eigenvalue weighted by Crippen LogP contribution is -2.67. The number of hydrogen-bond donors (Lipinski definition) is 1. The second-order valence-electron chi connectivity index (χ2n) is 9.13. The first-order chi connectivity index (χ1) is 16.6. The van der Waals surface area contributed by atoms with Gasteiger partial charge in [-0.15, -0.1) is 4.80 Å². The summed E-state index contributed by atoms with van der Waals surface area (Å²) in [6.07, 6.45) is 8.16. The topological polar surface area (TPSA) is 88.8 Å². The lowest BCUT2D eigenvalue weighted by Gasteiger charge is -2.59. The van der Waals surface area contributed by atoms with Crippen LogP contribution in [0.4, 0.5) is 5.13 Å². The second kappa shape index (κ2) is 8.32. The molecule has 8 nitrogen and oxygen atoms in total. The van der Waals surface area contributed by atoms with Crippen molar-refractivity contribution in [3.05, 3.63) is 72.4 Å². The number of benzene rings is 1. The number of rotatable bonds is 6. The van der Waals surface area contributed by atoms with E-state index in [1.165, 1.54) is 4.80 Å². The number of amides is 1. The van der Waals surface area contributed by atoms with E-state index in [-0.39, 0.29) is 11.4 Å². The number of carbonyl (C=O) groups excluding carboxylic acids is 1. The summed E-state index contributed by atoms with van der Waals surface area (Å²) in [5, 5.41) is 12.9. The lowest BCUT2D eigenvalue weighted by molar-refractivity contribution is -0.0490. The summed E-state index contributed by atoms with van der Waals surface area (Å²) in [6, 6.07) is 14.0. The number of pyridine rings is 1. The van der Waals surface area contributed by atoms with Crippen molar-refractivity contribution in [2.24, 2.45) is 5.92 Å². The molecule has 5 heterocycles. The summed E-state index contributed by atoms with van der Waals surface area (Å²) in [5.74, 6) is 0.625. The highest BCUT2D eigenvalue weighted by Gasteiger charge is 2.54. The lowest BCUT2D eigenvalue weighted by atomic mass is 9.62. The van der Waals surface area contributed by atoms with Crippen LogP contribution in [0.1, 0.15) is 35.4 Å². The van der Waals surface area contributed by atoms with Gasteiger partial charge in [0.2, 0.25) is 0 Å². The fourth-order valence-corrected chi connectivity index (χ4v) is 6.03. The Morgan fingerprint density at radius 3 is 2.74 bits per heavy atom. The number of carbonyl (C=O) groups is 1. The Balaban J connectivity index is 1.25. The Morgan fingerprint density at radius 2 is 1.94 bits per heavy atom. The van der Waals surface area contributed by atoms with Gasteiger partial charge in [0.25, 0.3) is 5.91 Å². The minimum atomic E-state index is -0.223.